The van der Waals surface area contributed by atoms with Gasteiger partial charge >= 0.3 is 7.60 Å². The average molecular weight is 342 g/mol. The molecule has 0 atom stereocenters. The van der Waals surface area contributed by atoms with E-state index in [4.69, 9.17) is 19.3 Å². The van der Waals surface area contributed by atoms with E-state index < -0.39 is 19.5 Å². The maximum atomic E-state index is 11.6. The van der Waals surface area contributed by atoms with Gasteiger partial charge in [0.25, 0.3) is 5.56 Å². The van der Waals surface area contributed by atoms with Crippen molar-refractivity contribution in [2.45, 2.75) is 0 Å². The first kappa shape index (κ1) is 17.2. The monoisotopic (exact) mass is 342 g/mol. The largest absolute Gasteiger partial charge is 0.508 e. The number of ether oxygens (including phenoxy) is 2. The molecule has 124 valence electrons. The zero-order valence-electron chi connectivity index (χ0n) is 11.9. The molecule has 0 radical (unpaired) electrons. The van der Waals surface area contributed by atoms with Gasteiger partial charge in [0.2, 0.25) is 5.88 Å². The lowest BCUT2D eigenvalue weighted by atomic mass is 10.2. The van der Waals surface area contributed by atoms with E-state index in [2.05, 4.69) is 9.97 Å². The number of aromatic nitrogens is 2. The lowest BCUT2D eigenvalue weighted by Crippen LogP contribution is -2.13. The van der Waals surface area contributed by atoms with Crippen molar-refractivity contribution in [1.82, 2.24) is 9.97 Å². The minimum Gasteiger partial charge on any atom is -0.508 e. The Morgan fingerprint density at radius 2 is 1.87 bits per heavy atom. The summed E-state index contributed by atoms with van der Waals surface area (Å²) >= 11 is 0. The van der Waals surface area contributed by atoms with Crippen molar-refractivity contribution in [1.29, 1.82) is 0 Å². The van der Waals surface area contributed by atoms with Gasteiger partial charge in [-0.2, -0.15) is 4.98 Å². The minimum absolute atomic E-state index is 0.0224. The molecular formula is C13H15N2O7P. The molecule has 2 rings (SSSR count). The van der Waals surface area contributed by atoms with Gasteiger partial charge in [0.15, 0.2) is 0 Å². The molecule has 0 unspecified atom stereocenters. The molecule has 0 aliphatic carbocycles. The zero-order valence-corrected chi connectivity index (χ0v) is 12.8. The predicted molar refractivity (Wildman–Crippen MR) is 80.3 cm³/mol. The van der Waals surface area contributed by atoms with Gasteiger partial charge in [-0.1, -0.05) is 0 Å². The third kappa shape index (κ3) is 5.84. The van der Waals surface area contributed by atoms with Crippen molar-refractivity contribution in [3.8, 4) is 23.0 Å². The van der Waals surface area contributed by atoms with Crippen LogP contribution in [0.2, 0.25) is 0 Å². The molecule has 0 bridgehead atoms. The van der Waals surface area contributed by atoms with Crippen molar-refractivity contribution < 1.29 is 28.9 Å². The number of aromatic hydroxyl groups is 1. The highest BCUT2D eigenvalue weighted by Crippen LogP contribution is 2.33. The number of phenols is 1. The summed E-state index contributed by atoms with van der Waals surface area (Å²) in [6, 6.07) is 7.23. The molecule has 0 saturated heterocycles. The van der Waals surface area contributed by atoms with Crippen LogP contribution in [-0.4, -0.2) is 44.4 Å². The number of nitrogens with one attached hydrogen (secondary N) is 1. The molecule has 0 aliphatic rings. The fourth-order valence-corrected chi connectivity index (χ4v) is 2.02. The van der Waals surface area contributed by atoms with Gasteiger partial charge in [-0.15, -0.1) is 0 Å². The first-order valence-corrected chi connectivity index (χ1v) is 8.29. The second-order valence-corrected chi connectivity index (χ2v) is 6.12. The summed E-state index contributed by atoms with van der Waals surface area (Å²) in [4.78, 5) is 35.5. The van der Waals surface area contributed by atoms with Gasteiger partial charge in [0.05, 0.1) is 12.7 Å². The number of H-pyrrole nitrogens is 1. The smallest absolute Gasteiger partial charge is 0.350 e. The number of hydrogen-bond acceptors (Lipinski definition) is 6. The van der Waals surface area contributed by atoms with E-state index in [9.17, 15) is 14.5 Å². The highest BCUT2D eigenvalue weighted by atomic mass is 31.2. The maximum Gasteiger partial charge on any atom is 0.350 e. The molecule has 1 heterocycles. The summed E-state index contributed by atoms with van der Waals surface area (Å²) in [5.74, 6) is 0.408. The SMILES string of the molecule is O=c1cc(OCCOCP(=O)(O)O)nc(-c2ccc(O)cc2)[nH]1. The third-order valence-corrected chi connectivity index (χ3v) is 3.11. The van der Waals surface area contributed by atoms with Crippen LogP contribution < -0.4 is 10.3 Å². The minimum atomic E-state index is -4.21. The van der Waals surface area contributed by atoms with Crippen LogP contribution in [0, 0.1) is 0 Å². The topological polar surface area (TPSA) is 142 Å². The summed E-state index contributed by atoms with van der Waals surface area (Å²) in [7, 11) is -4.21. The van der Waals surface area contributed by atoms with E-state index in [1.807, 2.05) is 0 Å². The molecule has 1 aromatic heterocycles. The Labute approximate surface area is 130 Å². The van der Waals surface area contributed by atoms with Crippen molar-refractivity contribution in [3.63, 3.8) is 0 Å². The van der Waals surface area contributed by atoms with Crippen molar-refractivity contribution in [2.75, 3.05) is 19.6 Å². The fraction of sp³-hybridized carbons (Fsp3) is 0.231. The molecule has 0 saturated carbocycles. The predicted octanol–water partition coefficient (Wildman–Crippen LogP) is 0.673. The molecule has 0 amide bonds. The number of phenolic OH excluding ortho intramolecular Hbond substituents is 1. The van der Waals surface area contributed by atoms with E-state index in [1.165, 1.54) is 12.1 Å². The van der Waals surface area contributed by atoms with Gasteiger partial charge in [0.1, 0.15) is 24.5 Å². The van der Waals surface area contributed by atoms with E-state index in [0.29, 0.717) is 5.56 Å². The Kier molecular flexibility index (Phi) is 5.51. The second kappa shape index (κ2) is 7.38. The first-order valence-electron chi connectivity index (χ1n) is 6.49. The molecule has 1 aromatic carbocycles. The van der Waals surface area contributed by atoms with Crippen LogP contribution in [0.15, 0.2) is 35.1 Å². The molecule has 0 fully saturated rings. The van der Waals surface area contributed by atoms with Gasteiger partial charge in [-0.25, -0.2) is 0 Å². The second-order valence-electron chi connectivity index (χ2n) is 4.53. The maximum absolute atomic E-state index is 11.6. The van der Waals surface area contributed by atoms with Crippen LogP contribution >= 0.6 is 7.60 Å². The Morgan fingerprint density at radius 1 is 1.17 bits per heavy atom. The van der Waals surface area contributed by atoms with Crippen LogP contribution in [0.5, 0.6) is 11.6 Å². The van der Waals surface area contributed by atoms with Gasteiger partial charge in [-0.3, -0.25) is 9.36 Å². The van der Waals surface area contributed by atoms with E-state index in [0.717, 1.165) is 6.07 Å². The molecule has 0 aliphatic heterocycles. The highest BCUT2D eigenvalue weighted by molar-refractivity contribution is 7.51. The molecule has 9 nitrogen and oxygen atoms in total. The summed E-state index contributed by atoms with van der Waals surface area (Å²) < 4.78 is 20.6. The third-order valence-electron chi connectivity index (χ3n) is 2.60. The van der Waals surface area contributed by atoms with Crippen LogP contribution in [0.4, 0.5) is 0 Å². The van der Waals surface area contributed by atoms with E-state index in [-0.39, 0.29) is 30.7 Å². The summed E-state index contributed by atoms with van der Waals surface area (Å²) in [6.45, 7) is -0.0837. The van der Waals surface area contributed by atoms with Crippen molar-refractivity contribution in [2.24, 2.45) is 0 Å². The number of rotatable bonds is 7. The van der Waals surface area contributed by atoms with Gasteiger partial charge in [0, 0.05) is 5.56 Å². The van der Waals surface area contributed by atoms with Crippen LogP contribution in [0.1, 0.15) is 0 Å². The Balaban J connectivity index is 1.99. The fourth-order valence-electron chi connectivity index (χ4n) is 1.65. The van der Waals surface area contributed by atoms with E-state index in [1.54, 1.807) is 12.1 Å². The highest BCUT2D eigenvalue weighted by Gasteiger charge is 2.12. The standard InChI is InChI=1S/C13H15N2O7P/c16-10-3-1-9(2-4-10)13-14-11(17)7-12(15-13)22-6-5-21-8-23(18,19)20/h1-4,7,16H,5-6,8H2,(H,14,15,17)(H2,18,19,20). The molecule has 4 N–H and O–H groups in total. The Bertz CT molecular complexity index is 754. The molecule has 0 spiro atoms. The molecule has 2 aromatic rings. The normalized spacial score (nSPS) is 11.4. The number of benzene rings is 1. The molecule has 10 heteroatoms. The lowest BCUT2D eigenvalue weighted by Gasteiger charge is -2.08. The number of nitrogens with zero attached hydrogens (tertiary/aromatic N) is 1. The Morgan fingerprint density at radius 3 is 2.52 bits per heavy atom. The summed E-state index contributed by atoms with van der Waals surface area (Å²) in [5.41, 5.74) is 0.164. The number of aromatic amines is 1. The average Bonchev–Trinajstić information content (AvgIpc) is 2.46. The Hall–Kier alpha value is -2.19. The quantitative estimate of drug-likeness (QED) is 0.425. The van der Waals surface area contributed by atoms with Gasteiger partial charge < -0.3 is 29.4 Å². The molecule has 23 heavy (non-hydrogen) atoms. The van der Waals surface area contributed by atoms with Gasteiger partial charge in [-0.05, 0) is 24.3 Å². The summed E-state index contributed by atoms with van der Waals surface area (Å²) in [5, 5.41) is 9.25. The molecular weight excluding hydrogens is 327 g/mol. The summed E-state index contributed by atoms with van der Waals surface area (Å²) in [6.07, 6.45) is -0.697. The van der Waals surface area contributed by atoms with Crippen molar-refractivity contribution >= 4 is 7.60 Å². The number of hydrogen-bond donors (Lipinski definition) is 4. The zero-order chi connectivity index (χ0) is 16.9. The van der Waals surface area contributed by atoms with Crippen LogP contribution in [0.25, 0.3) is 11.4 Å². The first-order chi connectivity index (χ1) is 10.8. The van der Waals surface area contributed by atoms with E-state index >= 15 is 0 Å². The van der Waals surface area contributed by atoms with Crippen LogP contribution in [0.3, 0.4) is 0 Å². The van der Waals surface area contributed by atoms with Crippen molar-refractivity contribution in [3.05, 3.63) is 40.7 Å². The lowest BCUT2D eigenvalue weighted by molar-refractivity contribution is 0.118. The van der Waals surface area contributed by atoms with Crippen LogP contribution in [-0.2, 0) is 9.30 Å².